The van der Waals surface area contributed by atoms with Crippen LogP contribution in [0.2, 0.25) is 0 Å². The van der Waals surface area contributed by atoms with Crippen LogP contribution in [0.4, 0.5) is 0 Å². The molecule has 3 aliphatic rings. The summed E-state index contributed by atoms with van der Waals surface area (Å²) in [5, 5.41) is 0. The molecule has 7 nitrogen and oxygen atoms in total. The summed E-state index contributed by atoms with van der Waals surface area (Å²) >= 11 is 0. The van der Waals surface area contributed by atoms with E-state index >= 15 is 0 Å². The second-order valence-corrected chi connectivity index (χ2v) is 9.05. The summed E-state index contributed by atoms with van der Waals surface area (Å²) in [5.41, 5.74) is 3.10. The molecule has 30 heavy (non-hydrogen) atoms. The van der Waals surface area contributed by atoms with Crippen LogP contribution in [0.15, 0.2) is 39.9 Å². The van der Waals surface area contributed by atoms with Crippen LogP contribution >= 0.6 is 0 Å². The fourth-order valence-corrected chi connectivity index (χ4v) is 5.31. The van der Waals surface area contributed by atoms with Crippen molar-refractivity contribution >= 4 is 5.91 Å². The van der Waals surface area contributed by atoms with E-state index < -0.39 is 0 Å². The Kier molecular flexibility index (Phi) is 5.25. The number of hydrogen-bond donors (Lipinski definition) is 0. The van der Waals surface area contributed by atoms with Crippen molar-refractivity contribution in [3.05, 3.63) is 57.9 Å². The van der Waals surface area contributed by atoms with Gasteiger partial charge in [0, 0.05) is 62.1 Å². The van der Waals surface area contributed by atoms with Crippen LogP contribution in [-0.4, -0.2) is 53.1 Å². The van der Waals surface area contributed by atoms with Crippen molar-refractivity contribution in [1.82, 2.24) is 14.4 Å². The zero-order chi connectivity index (χ0) is 20.7. The number of aromatic nitrogens is 1. The largest absolute Gasteiger partial charge is 0.472 e. The van der Waals surface area contributed by atoms with Gasteiger partial charge in [-0.2, -0.15) is 0 Å². The van der Waals surface area contributed by atoms with Gasteiger partial charge in [-0.15, -0.1) is 0 Å². The number of nitrogens with zero attached hydrogens (tertiary/aromatic N) is 3. The molecule has 0 aliphatic carbocycles. The van der Waals surface area contributed by atoms with E-state index in [0.29, 0.717) is 32.2 Å². The number of hydrogen-bond acceptors (Lipinski definition) is 5. The van der Waals surface area contributed by atoms with Crippen molar-refractivity contribution in [2.24, 2.45) is 5.92 Å². The van der Waals surface area contributed by atoms with Crippen LogP contribution in [0.25, 0.3) is 0 Å². The molecule has 3 atom stereocenters. The number of carbonyl (C=O) groups is 1. The lowest BCUT2D eigenvalue weighted by Gasteiger charge is -2.43. The van der Waals surface area contributed by atoms with Crippen molar-refractivity contribution in [1.29, 1.82) is 0 Å². The Morgan fingerprint density at radius 2 is 2.10 bits per heavy atom. The quantitative estimate of drug-likeness (QED) is 0.755. The number of pyridine rings is 1. The Morgan fingerprint density at radius 1 is 1.20 bits per heavy atom. The number of fused-ring (bicyclic) bond motifs is 4. The molecule has 5 heterocycles. The van der Waals surface area contributed by atoms with Crippen molar-refractivity contribution < 1.29 is 13.9 Å². The zero-order valence-electron chi connectivity index (χ0n) is 17.5. The number of furan rings is 1. The molecule has 5 rings (SSSR count). The highest BCUT2D eigenvalue weighted by Crippen LogP contribution is 2.36. The Bertz CT molecular complexity index is 961. The molecular weight excluding hydrogens is 382 g/mol. The minimum absolute atomic E-state index is 0.111. The summed E-state index contributed by atoms with van der Waals surface area (Å²) < 4.78 is 12.7. The van der Waals surface area contributed by atoms with E-state index in [9.17, 15) is 9.59 Å². The molecule has 2 aromatic rings. The maximum Gasteiger partial charge on any atom is 0.255 e. The maximum absolute atomic E-state index is 13.2. The number of likely N-dealkylation sites (tertiary alicyclic amines) is 1. The third-order valence-corrected chi connectivity index (χ3v) is 6.67. The molecule has 160 valence electrons. The molecule has 0 radical (unpaired) electrons. The van der Waals surface area contributed by atoms with Gasteiger partial charge in [0.05, 0.1) is 12.5 Å². The number of carbonyl (C=O) groups excluding carboxylic acids is 1. The minimum Gasteiger partial charge on any atom is -0.472 e. The van der Waals surface area contributed by atoms with Gasteiger partial charge in [-0.25, -0.2) is 0 Å². The number of piperidine rings is 1. The lowest BCUT2D eigenvalue weighted by Crippen LogP contribution is -2.51. The van der Waals surface area contributed by atoms with E-state index in [1.54, 1.807) is 12.5 Å². The highest BCUT2D eigenvalue weighted by Gasteiger charge is 2.39. The molecule has 0 saturated carbocycles. The van der Waals surface area contributed by atoms with Gasteiger partial charge in [0.25, 0.3) is 11.5 Å². The second kappa shape index (κ2) is 8.04. The molecule has 2 fully saturated rings. The predicted molar refractivity (Wildman–Crippen MR) is 111 cm³/mol. The van der Waals surface area contributed by atoms with E-state index in [1.165, 1.54) is 0 Å². The van der Waals surface area contributed by atoms with Crippen LogP contribution in [0.1, 0.15) is 42.0 Å². The molecule has 2 saturated heterocycles. The van der Waals surface area contributed by atoms with Crippen molar-refractivity contribution in [3.63, 3.8) is 0 Å². The first-order valence-electron chi connectivity index (χ1n) is 10.9. The van der Waals surface area contributed by atoms with Crippen LogP contribution in [-0.2, 0) is 29.2 Å². The standard InChI is InChI=1S/C23H29N3O4/c1-24(10-16-6-8-29-15-16)13-18-4-5-20-19-9-17(12-26(20)22(18)27)11-25(14-19)23(28)21-3-2-7-30-21/h4-6,8,15,17,19,21H,2-3,7,9-14H2,1H3/t17-,19+,21+/m0/s1. The lowest BCUT2D eigenvalue weighted by molar-refractivity contribution is -0.143. The Balaban J connectivity index is 1.32. The van der Waals surface area contributed by atoms with Gasteiger partial charge in [-0.3, -0.25) is 14.5 Å². The van der Waals surface area contributed by atoms with Gasteiger partial charge < -0.3 is 18.6 Å². The average molecular weight is 412 g/mol. The van der Waals surface area contributed by atoms with Gasteiger partial charge in [-0.05, 0) is 44.4 Å². The molecule has 0 spiro atoms. The molecule has 2 aromatic heterocycles. The monoisotopic (exact) mass is 411 g/mol. The van der Waals surface area contributed by atoms with Crippen LogP contribution in [0, 0.1) is 5.92 Å². The fraction of sp³-hybridized carbons (Fsp3) is 0.565. The third kappa shape index (κ3) is 3.72. The van der Waals surface area contributed by atoms with E-state index in [1.807, 2.05) is 28.6 Å². The van der Waals surface area contributed by atoms with E-state index in [2.05, 4.69) is 11.0 Å². The van der Waals surface area contributed by atoms with Crippen molar-refractivity contribution in [2.45, 2.75) is 50.9 Å². The van der Waals surface area contributed by atoms with Crippen LogP contribution < -0.4 is 5.56 Å². The summed E-state index contributed by atoms with van der Waals surface area (Å²) in [6.45, 7) is 4.14. The topological polar surface area (TPSA) is 67.9 Å². The molecule has 0 unspecified atom stereocenters. The molecular formula is C23H29N3O4. The lowest BCUT2D eigenvalue weighted by atomic mass is 9.82. The number of ether oxygens (including phenoxy) is 1. The highest BCUT2D eigenvalue weighted by atomic mass is 16.5. The van der Waals surface area contributed by atoms with E-state index in [4.69, 9.17) is 9.15 Å². The average Bonchev–Trinajstić information content (AvgIpc) is 3.44. The highest BCUT2D eigenvalue weighted by molar-refractivity contribution is 5.81. The summed E-state index contributed by atoms with van der Waals surface area (Å²) in [5.74, 6) is 0.696. The second-order valence-electron chi connectivity index (χ2n) is 9.05. The van der Waals surface area contributed by atoms with Crippen LogP contribution in [0.5, 0.6) is 0 Å². The van der Waals surface area contributed by atoms with Gasteiger partial charge in [0.2, 0.25) is 0 Å². The minimum atomic E-state index is -0.265. The smallest absolute Gasteiger partial charge is 0.255 e. The summed E-state index contributed by atoms with van der Waals surface area (Å²) in [6, 6.07) is 6.02. The van der Waals surface area contributed by atoms with Gasteiger partial charge >= 0.3 is 0 Å². The Labute approximate surface area is 176 Å². The first kappa shape index (κ1) is 19.6. The summed E-state index contributed by atoms with van der Waals surface area (Å²) in [4.78, 5) is 30.2. The normalized spacial score (nSPS) is 25.5. The SMILES string of the molecule is CN(Cc1ccoc1)Cc1ccc2n(c1=O)C[C@H]1C[C@@H]2CN(C(=O)[C@H]2CCCO2)C1. The van der Waals surface area contributed by atoms with Crippen LogP contribution in [0.3, 0.4) is 0 Å². The van der Waals surface area contributed by atoms with Gasteiger partial charge in [-0.1, -0.05) is 6.07 Å². The molecule has 0 N–H and O–H groups in total. The van der Waals surface area contributed by atoms with Crippen molar-refractivity contribution in [2.75, 3.05) is 26.7 Å². The molecule has 3 aliphatic heterocycles. The molecule has 0 aromatic carbocycles. The molecule has 7 heteroatoms. The van der Waals surface area contributed by atoms with Crippen molar-refractivity contribution in [3.8, 4) is 0 Å². The fourth-order valence-electron chi connectivity index (χ4n) is 5.31. The first-order valence-corrected chi connectivity index (χ1v) is 10.9. The third-order valence-electron chi connectivity index (χ3n) is 6.67. The summed E-state index contributed by atoms with van der Waals surface area (Å²) in [7, 11) is 2.01. The maximum atomic E-state index is 13.2. The van der Waals surface area contributed by atoms with Gasteiger partial charge in [0.1, 0.15) is 6.10 Å². The first-order chi connectivity index (χ1) is 14.6. The Morgan fingerprint density at radius 3 is 2.87 bits per heavy atom. The molecule has 2 bridgehead atoms. The predicted octanol–water partition coefficient (Wildman–Crippen LogP) is 2.20. The number of rotatable bonds is 5. The zero-order valence-corrected chi connectivity index (χ0v) is 17.5. The Hall–Kier alpha value is -2.38. The summed E-state index contributed by atoms with van der Waals surface area (Å²) in [6.07, 6.45) is 5.99. The number of amides is 1. The van der Waals surface area contributed by atoms with E-state index in [0.717, 1.165) is 49.2 Å². The van der Waals surface area contributed by atoms with Gasteiger partial charge in [0.15, 0.2) is 0 Å². The molecule has 1 amide bonds. The van der Waals surface area contributed by atoms with E-state index in [-0.39, 0.29) is 23.5 Å².